The summed E-state index contributed by atoms with van der Waals surface area (Å²) in [5.41, 5.74) is 0.224. The Bertz CT molecular complexity index is 271. The van der Waals surface area contributed by atoms with E-state index in [4.69, 9.17) is 0 Å². The quantitative estimate of drug-likeness (QED) is 0.749. The Morgan fingerprint density at radius 3 is 2.54 bits per heavy atom. The molecule has 0 fully saturated rings. The van der Waals surface area contributed by atoms with E-state index in [0.717, 1.165) is 12.1 Å². The summed E-state index contributed by atoms with van der Waals surface area (Å²) in [6, 6.07) is 0. The molecular formula is C10H18N2O. The van der Waals surface area contributed by atoms with Crippen LogP contribution in [0.15, 0.2) is 6.20 Å². The van der Waals surface area contributed by atoms with Crippen LogP contribution in [0.5, 0.6) is 0 Å². The third kappa shape index (κ3) is 2.84. The number of hydrogen-bond acceptors (Lipinski definition) is 2. The lowest BCUT2D eigenvalue weighted by atomic mass is 10.1. The minimum absolute atomic E-state index is 0.607. The molecule has 1 aromatic rings. The van der Waals surface area contributed by atoms with Crippen LogP contribution in [0.4, 0.5) is 0 Å². The maximum Gasteiger partial charge on any atom is 0.137 e. The third-order valence-electron chi connectivity index (χ3n) is 1.84. The Morgan fingerprint density at radius 1 is 1.54 bits per heavy atom. The number of aromatic amines is 1. The van der Waals surface area contributed by atoms with Crippen LogP contribution in [0.25, 0.3) is 0 Å². The van der Waals surface area contributed by atoms with Crippen molar-refractivity contribution in [2.75, 3.05) is 0 Å². The number of nitrogens with one attached hydrogen (secondary N) is 1. The summed E-state index contributed by atoms with van der Waals surface area (Å²) >= 11 is 0. The van der Waals surface area contributed by atoms with Crippen molar-refractivity contribution in [1.29, 1.82) is 0 Å². The lowest BCUT2D eigenvalue weighted by molar-refractivity contribution is 0.0695. The fourth-order valence-electron chi connectivity index (χ4n) is 1.21. The van der Waals surface area contributed by atoms with E-state index >= 15 is 0 Å². The van der Waals surface area contributed by atoms with Gasteiger partial charge in [-0.05, 0) is 26.2 Å². The largest absolute Gasteiger partial charge is 0.383 e. The molecule has 1 heterocycles. The fraction of sp³-hybridized carbons (Fsp3) is 0.700. The second-order valence-electron chi connectivity index (χ2n) is 4.41. The molecule has 1 aromatic heterocycles. The average Bonchev–Trinajstić information content (AvgIpc) is 2.32. The van der Waals surface area contributed by atoms with Crippen LogP contribution in [-0.2, 0) is 12.0 Å². The van der Waals surface area contributed by atoms with Crippen molar-refractivity contribution >= 4 is 0 Å². The average molecular weight is 182 g/mol. The van der Waals surface area contributed by atoms with Gasteiger partial charge in [0.05, 0.1) is 0 Å². The van der Waals surface area contributed by atoms with E-state index in [-0.39, 0.29) is 0 Å². The first-order valence-electron chi connectivity index (χ1n) is 4.66. The number of hydrogen-bond donors (Lipinski definition) is 2. The number of rotatable bonds is 3. The maximum atomic E-state index is 9.64. The van der Waals surface area contributed by atoms with E-state index in [1.54, 1.807) is 20.0 Å². The van der Waals surface area contributed by atoms with E-state index in [0.29, 0.717) is 11.7 Å². The second-order valence-corrected chi connectivity index (χ2v) is 4.41. The minimum Gasteiger partial charge on any atom is -0.383 e. The first kappa shape index (κ1) is 10.3. The van der Waals surface area contributed by atoms with E-state index in [1.165, 1.54) is 0 Å². The van der Waals surface area contributed by atoms with Gasteiger partial charge in [-0.3, -0.25) is 0 Å². The zero-order valence-corrected chi connectivity index (χ0v) is 8.76. The molecule has 0 amide bonds. The Labute approximate surface area is 79.2 Å². The molecule has 0 saturated heterocycles. The van der Waals surface area contributed by atoms with E-state index in [1.807, 2.05) is 0 Å². The van der Waals surface area contributed by atoms with Crippen LogP contribution >= 0.6 is 0 Å². The van der Waals surface area contributed by atoms with Gasteiger partial charge in [0.1, 0.15) is 11.4 Å². The monoisotopic (exact) mass is 182 g/mol. The highest BCUT2D eigenvalue weighted by Crippen LogP contribution is 2.16. The molecule has 0 aliphatic rings. The maximum absolute atomic E-state index is 9.64. The Kier molecular flexibility index (Phi) is 2.76. The standard InChI is InChI=1S/C10H18N2O/c1-7(2)5-8-6-11-9(12-8)10(3,4)13/h6-7,13H,5H2,1-4H3,(H,11,12). The van der Waals surface area contributed by atoms with Crippen molar-refractivity contribution < 1.29 is 5.11 Å². The smallest absolute Gasteiger partial charge is 0.137 e. The number of aromatic nitrogens is 2. The van der Waals surface area contributed by atoms with Crippen molar-refractivity contribution in [3.8, 4) is 0 Å². The van der Waals surface area contributed by atoms with Gasteiger partial charge in [0.2, 0.25) is 0 Å². The van der Waals surface area contributed by atoms with Crippen LogP contribution in [0.3, 0.4) is 0 Å². The number of H-pyrrole nitrogens is 1. The van der Waals surface area contributed by atoms with Gasteiger partial charge in [-0.15, -0.1) is 0 Å². The molecule has 0 aromatic carbocycles. The van der Waals surface area contributed by atoms with Crippen molar-refractivity contribution in [2.45, 2.75) is 39.7 Å². The molecule has 0 spiro atoms. The van der Waals surface area contributed by atoms with Crippen molar-refractivity contribution in [2.24, 2.45) is 5.92 Å². The molecule has 0 bridgehead atoms. The van der Waals surface area contributed by atoms with Gasteiger partial charge < -0.3 is 10.1 Å². The highest BCUT2D eigenvalue weighted by molar-refractivity contribution is 5.06. The number of aliphatic hydroxyl groups is 1. The van der Waals surface area contributed by atoms with Gasteiger partial charge in [0, 0.05) is 11.9 Å². The third-order valence-corrected chi connectivity index (χ3v) is 1.84. The van der Waals surface area contributed by atoms with E-state index in [9.17, 15) is 5.11 Å². The summed E-state index contributed by atoms with van der Waals surface area (Å²) in [5.74, 6) is 1.25. The number of imidazole rings is 1. The zero-order chi connectivity index (χ0) is 10.1. The molecule has 1 rings (SSSR count). The van der Waals surface area contributed by atoms with Gasteiger partial charge in [-0.25, -0.2) is 4.98 Å². The van der Waals surface area contributed by atoms with Crippen molar-refractivity contribution in [3.63, 3.8) is 0 Å². The zero-order valence-electron chi connectivity index (χ0n) is 8.76. The summed E-state index contributed by atoms with van der Waals surface area (Å²) in [7, 11) is 0. The molecular weight excluding hydrogens is 164 g/mol. The SMILES string of the molecule is CC(C)Cc1cnc(C(C)(C)O)[nH]1. The predicted molar refractivity (Wildman–Crippen MR) is 52.4 cm³/mol. The topological polar surface area (TPSA) is 48.9 Å². The lowest BCUT2D eigenvalue weighted by Crippen LogP contribution is -2.17. The van der Waals surface area contributed by atoms with Crippen molar-refractivity contribution in [3.05, 3.63) is 17.7 Å². The lowest BCUT2D eigenvalue weighted by Gasteiger charge is -2.13. The van der Waals surface area contributed by atoms with Crippen LogP contribution in [0, 0.1) is 5.92 Å². The number of nitrogens with zero attached hydrogens (tertiary/aromatic N) is 1. The fourth-order valence-corrected chi connectivity index (χ4v) is 1.21. The van der Waals surface area contributed by atoms with Crippen LogP contribution in [-0.4, -0.2) is 15.1 Å². The molecule has 0 atom stereocenters. The van der Waals surface area contributed by atoms with Crippen LogP contribution in [0.1, 0.15) is 39.2 Å². The molecule has 0 saturated carbocycles. The van der Waals surface area contributed by atoms with Gasteiger partial charge in [0.15, 0.2) is 0 Å². The highest BCUT2D eigenvalue weighted by Gasteiger charge is 2.19. The summed E-state index contributed by atoms with van der Waals surface area (Å²) < 4.78 is 0. The summed E-state index contributed by atoms with van der Waals surface area (Å²) in [6.07, 6.45) is 2.77. The molecule has 13 heavy (non-hydrogen) atoms. The van der Waals surface area contributed by atoms with Crippen LogP contribution in [0.2, 0.25) is 0 Å². The molecule has 0 radical (unpaired) electrons. The molecule has 3 heteroatoms. The molecule has 2 N–H and O–H groups in total. The summed E-state index contributed by atoms with van der Waals surface area (Å²) in [4.78, 5) is 7.26. The summed E-state index contributed by atoms with van der Waals surface area (Å²) in [6.45, 7) is 7.77. The predicted octanol–water partition coefficient (Wildman–Crippen LogP) is 1.84. The first-order valence-corrected chi connectivity index (χ1v) is 4.66. The van der Waals surface area contributed by atoms with E-state index in [2.05, 4.69) is 23.8 Å². The molecule has 74 valence electrons. The minimum atomic E-state index is -0.866. The molecule has 0 aliphatic carbocycles. The summed E-state index contributed by atoms with van der Waals surface area (Å²) in [5, 5.41) is 9.64. The van der Waals surface area contributed by atoms with Crippen LogP contribution < -0.4 is 0 Å². The molecule has 3 nitrogen and oxygen atoms in total. The Morgan fingerprint density at radius 2 is 2.15 bits per heavy atom. The van der Waals surface area contributed by atoms with Gasteiger partial charge >= 0.3 is 0 Å². The van der Waals surface area contributed by atoms with E-state index < -0.39 is 5.60 Å². The van der Waals surface area contributed by atoms with Gasteiger partial charge in [-0.1, -0.05) is 13.8 Å². The van der Waals surface area contributed by atoms with Gasteiger partial charge in [-0.2, -0.15) is 0 Å². The molecule has 0 aliphatic heterocycles. The Balaban J connectivity index is 2.75. The normalized spacial score (nSPS) is 12.5. The second kappa shape index (κ2) is 3.50. The highest BCUT2D eigenvalue weighted by atomic mass is 16.3. The molecule has 0 unspecified atom stereocenters. The van der Waals surface area contributed by atoms with Gasteiger partial charge in [0.25, 0.3) is 0 Å². The Hall–Kier alpha value is -0.830. The van der Waals surface area contributed by atoms with Crippen molar-refractivity contribution in [1.82, 2.24) is 9.97 Å². The first-order chi connectivity index (χ1) is 5.89.